The molecule has 1 saturated heterocycles. The third kappa shape index (κ3) is 2.96. The summed E-state index contributed by atoms with van der Waals surface area (Å²) in [7, 11) is 0. The van der Waals surface area contributed by atoms with E-state index in [1.165, 1.54) is 4.88 Å². The van der Waals surface area contributed by atoms with E-state index in [-0.39, 0.29) is 0 Å². The van der Waals surface area contributed by atoms with Gasteiger partial charge < -0.3 is 9.80 Å². The molecule has 8 heteroatoms. The molecular formula is C16H19N7S. The van der Waals surface area contributed by atoms with Gasteiger partial charge in [-0.15, -0.1) is 11.3 Å². The number of piperazine rings is 1. The molecule has 1 aliphatic rings. The highest BCUT2D eigenvalue weighted by Gasteiger charge is 2.20. The van der Waals surface area contributed by atoms with E-state index in [9.17, 15) is 0 Å². The first-order valence-corrected chi connectivity index (χ1v) is 8.78. The third-order valence-electron chi connectivity index (χ3n) is 4.08. The van der Waals surface area contributed by atoms with E-state index in [1.807, 2.05) is 31.5 Å². The van der Waals surface area contributed by atoms with Crippen molar-refractivity contribution in [2.24, 2.45) is 0 Å². The van der Waals surface area contributed by atoms with Gasteiger partial charge in [-0.1, -0.05) is 0 Å². The lowest BCUT2D eigenvalue weighted by Crippen LogP contribution is -2.46. The van der Waals surface area contributed by atoms with Crippen molar-refractivity contribution in [3.8, 4) is 5.82 Å². The number of hydrogen-bond acceptors (Lipinski definition) is 7. The Bertz CT molecular complexity index is 832. The first kappa shape index (κ1) is 15.1. The lowest BCUT2D eigenvalue weighted by Gasteiger charge is -2.35. The van der Waals surface area contributed by atoms with Gasteiger partial charge in [0.05, 0.1) is 5.69 Å². The van der Waals surface area contributed by atoms with Crippen LogP contribution in [0, 0.1) is 13.8 Å². The highest BCUT2D eigenvalue weighted by atomic mass is 32.1. The quantitative estimate of drug-likeness (QED) is 0.727. The number of nitrogens with zero attached hydrogens (tertiary/aromatic N) is 7. The summed E-state index contributed by atoms with van der Waals surface area (Å²) in [5.74, 6) is 1.74. The Morgan fingerprint density at radius 2 is 1.71 bits per heavy atom. The maximum absolute atomic E-state index is 4.48. The summed E-state index contributed by atoms with van der Waals surface area (Å²) in [4.78, 5) is 19.1. The Morgan fingerprint density at radius 3 is 2.38 bits per heavy atom. The van der Waals surface area contributed by atoms with Crippen LogP contribution in [-0.2, 0) is 0 Å². The van der Waals surface area contributed by atoms with Crippen LogP contribution in [-0.4, -0.2) is 50.9 Å². The second kappa shape index (κ2) is 6.20. The monoisotopic (exact) mass is 341 g/mol. The zero-order valence-electron chi connectivity index (χ0n) is 13.8. The number of hydrogen-bond donors (Lipinski definition) is 0. The van der Waals surface area contributed by atoms with Crippen molar-refractivity contribution in [2.45, 2.75) is 13.8 Å². The molecule has 0 aromatic carbocycles. The van der Waals surface area contributed by atoms with Crippen LogP contribution in [0.15, 0.2) is 30.9 Å². The maximum atomic E-state index is 4.48. The third-order valence-corrected chi connectivity index (χ3v) is 5.05. The summed E-state index contributed by atoms with van der Waals surface area (Å²) in [6, 6.07) is 3.96. The van der Waals surface area contributed by atoms with Gasteiger partial charge in [-0.05, 0) is 19.9 Å². The number of rotatable bonds is 3. The summed E-state index contributed by atoms with van der Waals surface area (Å²) in [6.45, 7) is 7.82. The molecule has 0 atom stereocenters. The van der Waals surface area contributed by atoms with E-state index in [4.69, 9.17) is 0 Å². The van der Waals surface area contributed by atoms with E-state index in [2.05, 4.69) is 36.8 Å². The smallest absolute Gasteiger partial charge is 0.185 e. The first-order valence-electron chi connectivity index (χ1n) is 7.96. The lowest BCUT2D eigenvalue weighted by molar-refractivity contribution is 0.644. The van der Waals surface area contributed by atoms with Gasteiger partial charge in [-0.25, -0.2) is 19.6 Å². The van der Waals surface area contributed by atoms with Crippen LogP contribution in [0.2, 0.25) is 0 Å². The van der Waals surface area contributed by atoms with Crippen LogP contribution >= 0.6 is 11.3 Å². The molecule has 0 N–H and O–H groups in total. The predicted molar refractivity (Wildman–Crippen MR) is 95.2 cm³/mol. The molecular weight excluding hydrogens is 322 g/mol. The minimum atomic E-state index is 0.797. The van der Waals surface area contributed by atoms with Crippen molar-refractivity contribution in [3.63, 3.8) is 0 Å². The van der Waals surface area contributed by atoms with Gasteiger partial charge in [0, 0.05) is 49.5 Å². The number of anilines is 2. The molecule has 0 bridgehead atoms. The zero-order valence-corrected chi connectivity index (χ0v) is 14.6. The van der Waals surface area contributed by atoms with Crippen molar-refractivity contribution in [1.29, 1.82) is 0 Å². The average Bonchev–Trinajstić information content (AvgIpc) is 3.24. The van der Waals surface area contributed by atoms with Crippen molar-refractivity contribution in [3.05, 3.63) is 41.4 Å². The SMILES string of the molecule is Cc1ccn(-c2cc(N3CCN(c4ncc(C)s4)CC3)ncn2)n1. The van der Waals surface area contributed by atoms with E-state index >= 15 is 0 Å². The highest BCUT2D eigenvalue weighted by molar-refractivity contribution is 7.15. The van der Waals surface area contributed by atoms with Crippen LogP contribution < -0.4 is 9.80 Å². The van der Waals surface area contributed by atoms with Crippen molar-refractivity contribution in [2.75, 3.05) is 36.0 Å². The lowest BCUT2D eigenvalue weighted by atomic mass is 10.3. The average molecular weight is 341 g/mol. The van der Waals surface area contributed by atoms with E-state index in [1.54, 1.807) is 22.3 Å². The molecule has 0 spiro atoms. The fourth-order valence-corrected chi connectivity index (χ4v) is 3.60. The molecule has 0 amide bonds. The van der Waals surface area contributed by atoms with Gasteiger partial charge in [0.1, 0.15) is 12.1 Å². The standard InChI is InChI=1S/C16H19N7S/c1-12-3-4-23(20-12)15-9-14(18-11-19-15)21-5-7-22(8-6-21)16-17-10-13(2)24-16/h3-4,9-11H,5-8H2,1-2H3. The molecule has 24 heavy (non-hydrogen) atoms. The predicted octanol–water partition coefficient (Wildman–Crippen LogP) is 2.06. The Labute approximate surface area is 144 Å². The second-order valence-corrected chi connectivity index (χ2v) is 7.08. The summed E-state index contributed by atoms with van der Waals surface area (Å²) in [6.07, 6.45) is 5.47. The molecule has 1 fully saturated rings. The molecule has 4 heterocycles. The number of aromatic nitrogens is 5. The van der Waals surface area contributed by atoms with Gasteiger partial charge in [-0.3, -0.25) is 0 Å². The highest BCUT2D eigenvalue weighted by Crippen LogP contribution is 2.24. The largest absolute Gasteiger partial charge is 0.353 e. The molecule has 124 valence electrons. The molecule has 3 aromatic heterocycles. The molecule has 1 aliphatic heterocycles. The van der Waals surface area contributed by atoms with Crippen molar-refractivity contribution < 1.29 is 0 Å². The van der Waals surface area contributed by atoms with Crippen LogP contribution in [0.5, 0.6) is 0 Å². The summed E-state index contributed by atoms with van der Waals surface area (Å²) in [5, 5.41) is 5.53. The summed E-state index contributed by atoms with van der Waals surface area (Å²) >= 11 is 1.75. The molecule has 3 aromatic rings. The molecule has 0 unspecified atom stereocenters. The normalized spacial score (nSPS) is 15.1. The Kier molecular flexibility index (Phi) is 3.89. The summed E-state index contributed by atoms with van der Waals surface area (Å²) < 4.78 is 1.79. The fourth-order valence-electron chi connectivity index (χ4n) is 2.79. The van der Waals surface area contributed by atoms with Crippen LogP contribution in [0.4, 0.5) is 10.9 Å². The van der Waals surface area contributed by atoms with Gasteiger partial charge in [-0.2, -0.15) is 5.10 Å². The molecule has 0 radical (unpaired) electrons. The number of aryl methyl sites for hydroxylation is 2. The van der Waals surface area contributed by atoms with Crippen molar-refractivity contribution in [1.82, 2.24) is 24.7 Å². The zero-order chi connectivity index (χ0) is 16.5. The Hall–Kier alpha value is -2.48. The van der Waals surface area contributed by atoms with E-state index in [0.717, 1.165) is 48.6 Å². The van der Waals surface area contributed by atoms with Gasteiger partial charge in [0.25, 0.3) is 0 Å². The first-order chi connectivity index (χ1) is 11.7. The molecule has 0 aliphatic carbocycles. The van der Waals surface area contributed by atoms with E-state index < -0.39 is 0 Å². The summed E-state index contributed by atoms with van der Waals surface area (Å²) in [5.41, 5.74) is 0.975. The van der Waals surface area contributed by atoms with Crippen LogP contribution in [0.3, 0.4) is 0 Å². The van der Waals surface area contributed by atoms with Crippen molar-refractivity contribution >= 4 is 22.3 Å². The molecule has 7 nitrogen and oxygen atoms in total. The second-order valence-electron chi connectivity index (χ2n) is 5.86. The Morgan fingerprint density at radius 1 is 0.958 bits per heavy atom. The minimum absolute atomic E-state index is 0.797. The maximum Gasteiger partial charge on any atom is 0.185 e. The topological polar surface area (TPSA) is 63.0 Å². The van der Waals surface area contributed by atoms with Gasteiger partial charge in [0.15, 0.2) is 10.9 Å². The molecule has 4 rings (SSSR count). The van der Waals surface area contributed by atoms with E-state index in [0.29, 0.717) is 0 Å². The van der Waals surface area contributed by atoms with Gasteiger partial charge in [0.2, 0.25) is 0 Å². The fraction of sp³-hybridized carbons (Fsp3) is 0.375. The Balaban J connectivity index is 1.47. The van der Waals surface area contributed by atoms with Crippen LogP contribution in [0.25, 0.3) is 5.82 Å². The van der Waals surface area contributed by atoms with Gasteiger partial charge >= 0.3 is 0 Å². The van der Waals surface area contributed by atoms with Crippen LogP contribution in [0.1, 0.15) is 10.6 Å². The number of thiazole rings is 1. The molecule has 0 saturated carbocycles. The minimum Gasteiger partial charge on any atom is -0.353 e.